The summed E-state index contributed by atoms with van der Waals surface area (Å²) in [6.45, 7) is 11.2. The van der Waals surface area contributed by atoms with Gasteiger partial charge in [-0.25, -0.2) is 4.79 Å². The molecule has 2 unspecified atom stereocenters. The molecule has 174 valence electrons. The fraction of sp³-hybridized carbons (Fsp3) is 0.625. The Hall–Kier alpha value is -2.61. The largest absolute Gasteiger partial charge is 0.369 e. The van der Waals surface area contributed by atoms with Gasteiger partial charge in [0.25, 0.3) is 5.91 Å². The fourth-order valence-electron chi connectivity index (χ4n) is 5.38. The van der Waals surface area contributed by atoms with Crippen molar-refractivity contribution in [2.75, 3.05) is 49.5 Å². The van der Waals surface area contributed by atoms with Gasteiger partial charge in [-0.3, -0.25) is 14.5 Å². The maximum atomic E-state index is 13.1. The van der Waals surface area contributed by atoms with E-state index < -0.39 is 11.6 Å². The van der Waals surface area contributed by atoms with Crippen LogP contribution in [-0.4, -0.2) is 72.5 Å². The number of hydrogen-bond acceptors (Lipinski definition) is 5. The first-order valence-corrected chi connectivity index (χ1v) is 11.9. The molecule has 0 radical (unpaired) electrons. The highest BCUT2D eigenvalue weighted by Crippen LogP contribution is 2.38. The van der Waals surface area contributed by atoms with E-state index in [1.165, 1.54) is 5.69 Å². The molecule has 2 aliphatic heterocycles. The molecule has 32 heavy (non-hydrogen) atoms. The number of benzene rings is 1. The molecule has 2 heterocycles. The van der Waals surface area contributed by atoms with Gasteiger partial charge < -0.3 is 20.4 Å². The maximum absolute atomic E-state index is 13.1. The number of anilines is 2. The number of carbonyl (C=O) groups is 3. The van der Waals surface area contributed by atoms with E-state index in [0.29, 0.717) is 12.1 Å². The lowest BCUT2D eigenvalue weighted by molar-refractivity contribution is -0.136. The molecular weight excluding hydrogens is 406 g/mol. The molecule has 4 rings (SSSR count). The topological polar surface area (TPSA) is 85.0 Å². The first-order chi connectivity index (χ1) is 15.3. The Morgan fingerprint density at radius 1 is 1.19 bits per heavy atom. The zero-order valence-corrected chi connectivity index (χ0v) is 19.4. The smallest absolute Gasteiger partial charge is 0.325 e. The Morgan fingerprint density at radius 3 is 2.59 bits per heavy atom. The van der Waals surface area contributed by atoms with E-state index in [2.05, 4.69) is 27.4 Å². The van der Waals surface area contributed by atoms with Crippen molar-refractivity contribution >= 4 is 29.2 Å². The third-order valence-corrected chi connectivity index (χ3v) is 7.44. The molecule has 0 bridgehead atoms. The van der Waals surface area contributed by atoms with Gasteiger partial charge in [0.05, 0.1) is 0 Å². The molecule has 1 aliphatic carbocycles. The third-order valence-electron chi connectivity index (χ3n) is 7.44. The van der Waals surface area contributed by atoms with E-state index in [1.54, 1.807) is 0 Å². The minimum Gasteiger partial charge on any atom is -0.369 e. The van der Waals surface area contributed by atoms with Crippen LogP contribution in [0.1, 0.15) is 45.1 Å². The van der Waals surface area contributed by atoms with E-state index in [9.17, 15) is 14.4 Å². The summed E-state index contributed by atoms with van der Waals surface area (Å²) >= 11 is 0. The number of aryl methyl sites for hydroxylation is 1. The normalized spacial score (nSPS) is 26.5. The van der Waals surface area contributed by atoms with Crippen LogP contribution in [0.25, 0.3) is 0 Å². The van der Waals surface area contributed by atoms with Crippen molar-refractivity contribution in [1.82, 2.24) is 15.1 Å². The second kappa shape index (κ2) is 9.10. The van der Waals surface area contributed by atoms with Crippen molar-refractivity contribution in [3.05, 3.63) is 23.8 Å². The lowest BCUT2D eigenvalue weighted by Gasteiger charge is -2.36. The van der Waals surface area contributed by atoms with Gasteiger partial charge in [0.2, 0.25) is 5.91 Å². The zero-order chi connectivity index (χ0) is 22.9. The number of hydrogen-bond donors (Lipinski definition) is 2. The Kier molecular flexibility index (Phi) is 6.42. The summed E-state index contributed by atoms with van der Waals surface area (Å²) in [4.78, 5) is 44.2. The highest BCUT2D eigenvalue weighted by Gasteiger charge is 2.55. The molecule has 2 N–H and O–H groups in total. The highest BCUT2D eigenvalue weighted by molar-refractivity contribution is 6.10. The van der Waals surface area contributed by atoms with Crippen LogP contribution in [-0.2, 0) is 9.59 Å². The SMILES string of the molecule is CCN1CCN(c2ccc(NC(=O)CN3C(=O)NC4(CCCCC4C)C3=O)cc2C)CC1. The minimum atomic E-state index is -0.838. The van der Waals surface area contributed by atoms with E-state index in [0.717, 1.165) is 62.4 Å². The molecule has 1 saturated carbocycles. The predicted molar refractivity (Wildman–Crippen MR) is 125 cm³/mol. The predicted octanol–water partition coefficient (Wildman–Crippen LogP) is 2.58. The van der Waals surface area contributed by atoms with Crippen LogP contribution in [0, 0.1) is 12.8 Å². The summed E-state index contributed by atoms with van der Waals surface area (Å²) in [6.07, 6.45) is 3.53. The Balaban J connectivity index is 1.38. The fourth-order valence-corrected chi connectivity index (χ4v) is 5.38. The van der Waals surface area contributed by atoms with Crippen molar-refractivity contribution in [2.24, 2.45) is 5.92 Å². The number of imide groups is 1. The number of carbonyl (C=O) groups excluding carboxylic acids is 3. The monoisotopic (exact) mass is 441 g/mol. The van der Waals surface area contributed by atoms with Gasteiger partial charge in [-0.05, 0) is 56.0 Å². The van der Waals surface area contributed by atoms with Crippen LogP contribution in [0.3, 0.4) is 0 Å². The number of urea groups is 1. The van der Waals surface area contributed by atoms with Crippen LogP contribution < -0.4 is 15.5 Å². The van der Waals surface area contributed by atoms with Gasteiger partial charge >= 0.3 is 6.03 Å². The van der Waals surface area contributed by atoms with Crippen molar-refractivity contribution in [3.8, 4) is 0 Å². The van der Waals surface area contributed by atoms with E-state index in [4.69, 9.17) is 0 Å². The number of likely N-dealkylation sites (N-methyl/N-ethyl adjacent to an activating group) is 1. The van der Waals surface area contributed by atoms with Gasteiger partial charge in [0, 0.05) is 37.6 Å². The van der Waals surface area contributed by atoms with Crippen LogP contribution in [0.5, 0.6) is 0 Å². The second-order valence-electron chi connectivity index (χ2n) is 9.41. The van der Waals surface area contributed by atoms with Crippen LogP contribution >= 0.6 is 0 Å². The molecule has 1 spiro atoms. The summed E-state index contributed by atoms with van der Waals surface area (Å²) in [5.41, 5.74) is 2.12. The number of piperazine rings is 1. The molecular formula is C24H35N5O3. The lowest BCUT2D eigenvalue weighted by atomic mass is 9.73. The van der Waals surface area contributed by atoms with Gasteiger partial charge in [-0.2, -0.15) is 0 Å². The van der Waals surface area contributed by atoms with Gasteiger partial charge in [0.15, 0.2) is 0 Å². The van der Waals surface area contributed by atoms with E-state index in [-0.39, 0.29) is 24.3 Å². The van der Waals surface area contributed by atoms with Gasteiger partial charge in [0.1, 0.15) is 12.1 Å². The van der Waals surface area contributed by atoms with Crippen LogP contribution in [0.4, 0.5) is 16.2 Å². The molecule has 1 aromatic carbocycles. The molecule has 2 atom stereocenters. The van der Waals surface area contributed by atoms with Crippen LogP contribution in [0.15, 0.2) is 18.2 Å². The average molecular weight is 442 g/mol. The first kappa shape index (κ1) is 22.6. The van der Waals surface area contributed by atoms with Crippen molar-refractivity contribution < 1.29 is 14.4 Å². The molecule has 4 amide bonds. The summed E-state index contributed by atoms with van der Waals surface area (Å²) in [7, 11) is 0. The standard InChI is InChI=1S/C24H35N5O3/c1-4-27-11-13-28(14-12-27)20-9-8-19(15-17(20)2)25-21(30)16-29-22(31)24(26-23(29)32)10-6-5-7-18(24)3/h8-9,15,18H,4-7,10-14,16H2,1-3H3,(H,25,30)(H,26,32). The molecule has 3 fully saturated rings. The molecule has 1 aromatic rings. The van der Waals surface area contributed by atoms with E-state index in [1.807, 2.05) is 32.0 Å². The average Bonchev–Trinajstić information content (AvgIpc) is 3.01. The van der Waals surface area contributed by atoms with Crippen LogP contribution in [0.2, 0.25) is 0 Å². The molecule has 3 aliphatic rings. The highest BCUT2D eigenvalue weighted by atomic mass is 16.2. The van der Waals surface area contributed by atoms with Gasteiger partial charge in [-0.1, -0.05) is 26.7 Å². The quantitative estimate of drug-likeness (QED) is 0.686. The summed E-state index contributed by atoms with van der Waals surface area (Å²) < 4.78 is 0. The van der Waals surface area contributed by atoms with Crippen molar-refractivity contribution in [1.29, 1.82) is 0 Å². The number of nitrogens with zero attached hydrogens (tertiary/aromatic N) is 3. The molecule has 8 heteroatoms. The lowest BCUT2D eigenvalue weighted by Crippen LogP contribution is -2.54. The Morgan fingerprint density at radius 2 is 1.94 bits per heavy atom. The number of rotatable bonds is 5. The molecule has 2 saturated heterocycles. The van der Waals surface area contributed by atoms with Gasteiger partial charge in [-0.15, -0.1) is 0 Å². The molecule has 0 aromatic heterocycles. The number of amides is 4. The summed E-state index contributed by atoms with van der Waals surface area (Å²) in [5, 5.41) is 5.76. The summed E-state index contributed by atoms with van der Waals surface area (Å²) in [6, 6.07) is 5.43. The Labute approximate surface area is 190 Å². The van der Waals surface area contributed by atoms with E-state index >= 15 is 0 Å². The zero-order valence-electron chi connectivity index (χ0n) is 19.4. The number of nitrogens with one attached hydrogen (secondary N) is 2. The van der Waals surface area contributed by atoms with Crippen molar-refractivity contribution in [3.63, 3.8) is 0 Å². The van der Waals surface area contributed by atoms with Crippen molar-refractivity contribution in [2.45, 2.75) is 52.0 Å². The minimum absolute atomic E-state index is 0.0788. The Bertz CT molecular complexity index is 896. The first-order valence-electron chi connectivity index (χ1n) is 11.9. The second-order valence-corrected chi connectivity index (χ2v) is 9.41. The third kappa shape index (κ3) is 4.20. The summed E-state index contributed by atoms with van der Waals surface area (Å²) in [5.74, 6) is -0.546. The maximum Gasteiger partial charge on any atom is 0.325 e. The molecule has 8 nitrogen and oxygen atoms in total.